The quantitative estimate of drug-likeness (QED) is 0.826. The van der Waals surface area contributed by atoms with E-state index in [-0.39, 0.29) is 22.5 Å². The maximum absolute atomic E-state index is 11.9. The van der Waals surface area contributed by atoms with E-state index in [0.29, 0.717) is 18.7 Å². The van der Waals surface area contributed by atoms with Crippen molar-refractivity contribution in [3.05, 3.63) is 23.8 Å². The van der Waals surface area contributed by atoms with Crippen LogP contribution in [0.2, 0.25) is 0 Å². The predicted molar refractivity (Wildman–Crippen MR) is 75.1 cm³/mol. The number of phenolic OH excluding ortho intramolecular Hbond substituents is 1. The molecule has 1 aromatic rings. The minimum absolute atomic E-state index is 0.0270. The van der Waals surface area contributed by atoms with Crippen molar-refractivity contribution >= 4 is 16.7 Å². The van der Waals surface area contributed by atoms with E-state index in [1.54, 1.807) is 12.3 Å². The van der Waals surface area contributed by atoms with Gasteiger partial charge in [-0.2, -0.15) is 0 Å². The first-order valence-corrected chi connectivity index (χ1v) is 7.55. The lowest BCUT2D eigenvalue weighted by atomic mass is 10.1. The minimum atomic E-state index is -0.900. The van der Waals surface area contributed by atoms with Gasteiger partial charge in [0.2, 0.25) is 0 Å². The molecular formula is C13H19NO4S. The van der Waals surface area contributed by atoms with Crippen LogP contribution in [0.3, 0.4) is 0 Å². The maximum Gasteiger partial charge on any atom is 0.255 e. The molecule has 19 heavy (non-hydrogen) atoms. The summed E-state index contributed by atoms with van der Waals surface area (Å²) in [6.07, 6.45) is 2.26. The molecule has 1 aromatic carbocycles. The molecule has 5 nitrogen and oxygen atoms in total. The fraction of sp³-hybridized carbons (Fsp3) is 0.462. The molecule has 6 heteroatoms. The molecule has 2 atom stereocenters. The number of hydrogen-bond acceptors (Lipinski definition) is 4. The van der Waals surface area contributed by atoms with Crippen molar-refractivity contribution in [3.8, 4) is 11.5 Å². The summed E-state index contributed by atoms with van der Waals surface area (Å²) in [7, 11) is 0.593. The number of carbonyl (C=O) groups is 1. The van der Waals surface area contributed by atoms with Gasteiger partial charge in [-0.3, -0.25) is 9.00 Å². The Bertz CT molecular complexity index is 476. The molecule has 0 saturated heterocycles. The standard InChI is InChI=1S/C13H19NO4S/c1-9(19(3)17)6-7-14-13(16)11-8-10(18-2)4-5-12(11)15/h4-5,8-9,15H,6-7H2,1-3H3,(H,14,16). The molecule has 0 heterocycles. The third-order valence-electron chi connectivity index (χ3n) is 2.85. The van der Waals surface area contributed by atoms with Crippen molar-refractivity contribution in [2.75, 3.05) is 19.9 Å². The second kappa shape index (κ2) is 7.13. The Morgan fingerprint density at radius 3 is 2.79 bits per heavy atom. The van der Waals surface area contributed by atoms with E-state index >= 15 is 0 Å². The number of carbonyl (C=O) groups excluding carboxylic acids is 1. The molecule has 2 unspecified atom stereocenters. The van der Waals surface area contributed by atoms with Crippen LogP contribution >= 0.6 is 0 Å². The summed E-state index contributed by atoms with van der Waals surface area (Å²) >= 11 is 0. The highest BCUT2D eigenvalue weighted by Gasteiger charge is 2.13. The molecular weight excluding hydrogens is 266 g/mol. The molecule has 0 bridgehead atoms. The third-order valence-corrected chi connectivity index (χ3v) is 4.22. The van der Waals surface area contributed by atoms with Gasteiger partial charge < -0.3 is 15.2 Å². The summed E-state index contributed by atoms with van der Waals surface area (Å²) in [5, 5.41) is 12.3. The molecule has 2 N–H and O–H groups in total. The number of hydrogen-bond donors (Lipinski definition) is 2. The SMILES string of the molecule is COc1ccc(O)c(C(=O)NCCC(C)S(C)=O)c1. The van der Waals surface area contributed by atoms with Gasteiger partial charge >= 0.3 is 0 Å². The van der Waals surface area contributed by atoms with Crippen LogP contribution < -0.4 is 10.1 Å². The number of ether oxygens (including phenoxy) is 1. The molecule has 0 radical (unpaired) electrons. The average Bonchev–Trinajstić information content (AvgIpc) is 2.38. The first-order chi connectivity index (χ1) is 8.95. The fourth-order valence-corrected chi connectivity index (χ4v) is 1.92. The van der Waals surface area contributed by atoms with Crippen LogP contribution in [0.4, 0.5) is 0 Å². The molecule has 0 aliphatic rings. The van der Waals surface area contributed by atoms with Gasteiger partial charge in [-0.25, -0.2) is 0 Å². The zero-order valence-electron chi connectivity index (χ0n) is 11.3. The topological polar surface area (TPSA) is 75.6 Å². The van der Waals surface area contributed by atoms with Gasteiger partial charge in [0, 0.05) is 28.9 Å². The van der Waals surface area contributed by atoms with E-state index in [0.717, 1.165) is 0 Å². The Morgan fingerprint density at radius 2 is 2.21 bits per heavy atom. The minimum Gasteiger partial charge on any atom is -0.507 e. The average molecular weight is 285 g/mol. The highest BCUT2D eigenvalue weighted by atomic mass is 32.2. The molecule has 0 aliphatic carbocycles. The number of amides is 1. The number of phenols is 1. The number of rotatable bonds is 6. The number of benzene rings is 1. The van der Waals surface area contributed by atoms with Crippen molar-refractivity contribution in [2.24, 2.45) is 0 Å². The van der Waals surface area contributed by atoms with Crippen LogP contribution in [0, 0.1) is 0 Å². The van der Waals surface area contributed by atoms with Crippen LogP contribution in [-0.2, 0) is 10.8 Å². The van der Waals surface area contributed by atoms with E-state index < -0.39 is 10.8 Å². The summed E-state index contributed by atoms with van der Waals surface area (Å²) in [6.45, 7) is 2.28. The molecule has 0 aromatic heterocycles. The number of aromatic hydroxyl groups is 1. The van der Waals surface area contributed by atoms with E-state index in [9.17, 15) is 14.1 Å². The van der Waals surface area contributed by atoms with Gasteiger partial charge in [0.05, 0.1) is 12.7 Å². The molecule has 1 amide bonds. The van der Waals surface area contributed by atoms with Crippen LogP contribution in [0.15, 0.2) is 18.2 Å². The summed E-state index contributed by atoms with van der Waals surface area (Å²) in [5.41, 5.74) is 0.171. The maximum atomic E-state index is 11.9. The fourth-order valence-electron chi connectivity index (χ4n) is 1.47. The lowest BCUT2D eigenvalue weighted by Gasteiger charge is -2.10. The summed E-state index contributed by atoms with van der Waals surface area (Å²) < 4.78 is 16.2. The van der Waals surface area contributed by atoms with E-state index in [2.05, 4.69) is 5.32 Å². The third kappa shape index (κ3) is 4.55. The van der Waals surface area contributed by atoms with E-state index in [1.165, 1.54) is 19.2 Å². The second-order valence-corrected chi connectivity index (χ2v) is 6.04. The summed E-state index contributed by atoms with van der Waals surface area (Å²) in [5.74, 6) is 0.0434. The summed E-state index contributed by atoms with van der Waals surface area (Å²) in [4.78, 5) is 11.9. The Kier molecular flexibility index (Phi) is 5.82. The van der Waals surface area contributed by atoms with Crippen molar-refractivity contribution in [1.82, 2.24) is 5.32 Å². The highest BCUT2D eigenvalue weighted by molar-refractivity contribution is 7.84. The lowest BCUT2D eigenvalue weighted by molar-refractivity contribution is 0.0950. The van der Waals surface area contributed by atoms with Crippen molar-refractivity contribution in [3.63, 3.8) is 0 Å². The molecule has 0 fully saturated rings. The molecule has 1 rings (SSSR count). The number of nitrogens with one attached hydrogen (secondary N) is 1. The molecule has 0 spiro atoms. The predicted octanol–water partition coefficient (Wildman–Crippen LogP) is 1.29. The van der Waals surface area contributed by atoms with Crippen molar-refractivity contribution in [2.45, 2.75) is 18.6 Å². The van der Waals surface area contributed by atoms with Gasteiger partial charge in [0.15, 0.2) is 0 Å². The first-order valence-electron chi connectivity index (χ1n) is 5.93. The lowest BCUT2D eigenvalue weighted by Crippen LogP contribution is -2.27. The van der Waals surface area contributed by atoms with Crippen LogP contribution in [0.25, 0.3) is 0 Å². The smallest absolute Gasteiger partial charge is 0.255 e. The van der Waals surface area contributed by atoms with Gasteiger partial charge in [0.25, 0.3) is 5.91 Å². The Morgan fingerprint density at radius 1 is 1.53 bits per heavy atom. The Balaban J connectivity index is 2.61. The molecule has 0 aliphatic heterocycles. The van der Waals surface area contributed by atoms with Crippen molar-refractivity contribution < 1.29 is 18.8 Å². The Hall–Kier alpha value is -1.56. The molecule has 106 valence electrons. The van der Waals surface area contributed by atoms with Crippen LogP contribution in [0.5, 0.6) is 11.5 Å². The largest absolute Gasteiger partial charge is 0.507 e. The van der Waals surface area contributed by atoms with E-state index in [4.69, 9.17) is 4.74 Å². The van der Waals surface area contributed by atoms with Gasteiger partial charge in [-0.05, 0) is 24.6 Å². The van der Waals surface area contributed by atoms with Crippen LogP contribution in [-0.4, -0.2) is 40.4 Å². The first kappa shape index (κ1) is 15.5. The van der Waals surface area contributed by atoms with Gasteiger partial charge in [-0.1, -0.05) is 6.92 Å². The summed E-state index contributed by atoms with van der Waals surface area (Å²) in [6, 6.07) is 4.47. The van der Waals surface area contributed by atoms with Crippen LogP contribution in [0.1, 0.15) is 23.7 Å². The van der Waals surface area contributed by atoms with Gasteiger partial charge in [-0.15, -0.1) is 0 Å². The van der Waals surface area contributed by atoms with E-state index in [1.807, 2.05) is 6.92 Å². The van der Waals surface area contributed by atoms with Crippen molar-refractivity contribution in [1.29, 1.82) is 0 Å². The zero-order chi connectivity index (χ0) is 14.4. The highest BCUT2D eigenvalue weighted by Crippen LogP contribution is 2.22. The van der Waals surface area contributed by atoms with Gasteiger partial charge in [0.1, 0.15) is 11.5 Å². The Labute approximate surface area is 115 Å². The number of methoxy groups -OCH3 is 1. The normalized spacial score (nSPS) is 13.6. The monoisotopic (exact) mass is 285 g/mol. The second-order valence-electron chi connectivity index (χ2n) is 4.24. The molecule has 0 saturated carbocycles. The zero-order valence-corrected chi connectivity index (χ0v) is 12.1.